The van der Waals surface area contributed by atoms with Crippen molar-refractivity contribution in [3.63, 3.8) is 0 Å². The van der Waals surface area contributed by atoms with Crippen LogP contribution in [0.1, 0.15) is 65.2 Å². The molecule has 0 aromatic carbocycles. The molecule has 102 valence electrons. The van der Waals surface area contributed by atoms with E-state index in [1.165, 1.54) is 68.9 Å². The summed E-state index contributed by atoms with van der Waals surface area (Å²) >= 11 is 0. The van der Waals surface area contributed by atoms with Gasteiger partial charge in [-0.2, -0.15) is 0 Å². The minimum absolute atomic E-state index is 0.508. The number of nitrogens with zero attached hydrogens (tertiary/aromatic N) is 1. The Balaban J connectivity index is 1.94. The van der Waals surface area contributed by atoms with Gasteiger partial charge in [-0.1, -0.05) is 18.9 Å². The molecule has 0 spiro atoms. The summed E-state index contributed by atoms with van der Waals surface area (Å²) in [5.74, 6) is 0.985. The molecule has 1 nitrogen and oxygen atoms in total. The van der Waals surface area contributed by atoms with Crippen molar-refractivity contribution in [3.05, 3.63) is 11.1 Å². The average Bonchev–Trinajstić information content (AvgIpc) is 2.62. The Hall–Kier alpha value is -0.300. The highest BCUT2D eigenvalue weighted by Crippen LogP contribution is 2.52. The molecule has 1 aliphatic carbocycles. The second-order valence-electron chi connectivity index (χ2n) is 7.47. The maximum atomic E-state index is 2.60. The molecule has 18 heavy (non-hydrogen) atoms. The molecule has 0 aromatic rings. The van der Waals surface area contributed by atoms with Gasteiger partial charge in [-0.05, 0) is 44.6 Å². The predicted molar refractivity (Wildman–Crippen MR) is 77.4 cm³/mol. The van der Waals surface area contributed by atoms with Crippen LogP contribution < -0.4 is 0 Å². The van der Waals surface area contributed by atoms with E-state index in [4.69, 9.17) is 0 Å². The van der Waals surface area contributed by atoms with Gasteiger partial charge in [-0.15, -0.1) is 0 Å². The second-order valence-corrected chi connectivity index (χ2v) is 7.47. The summed E-state index contributed by atoms with van der Waals surface area (Å²) in [6.07, 6.45) is 11.4. The molecule has 2 heterocycles. The van der Waals surface area contributed by atoms with Crippen molar-refractivity contribution in [1.29, 1.82) is 0 Å². The van der Waals surface area contributed by atoms with Gasteiger partial charge in [0.15, 0.2) is 0 Å². The second kappa shape index (κ2) is 4.37. The van der Waals surface area contributed by atoms with E-state index in [-0.39, 0.29) is 0 Å². The van der Waals surface area contributed by atoms with Gasteiger partial charge in [0.1, 0.15) is 5.54 Å². The average molecular weight is 248 g/mol. The van der Waals surface area contributed by atoms with Crippen molar-refractivity contribution >= 4 is 0 Å². The zero-order valence-corrected chi connectivity index (χ0v) is 12.6. The third-order valence-electron chi connectivity index (χ3n) is 6.38. The molecule has 0 aromatic heterocycles. The van der Waals surface area contributed by atoms with Gasteiger partial charge in [0.05, 0.1) is 20.1 Å². The number of hydrogen-bond acceptors (Lipinski definition) is 0. The molecule has 0 radical (unpaired) electrons. The van der Waals surface area contributed by atoms with Crippen molar-refractivity contribution < 1.29 is 4.48 Å². The van der Waals surface area contributed by atoms with Crippen LogP contribution in [0.4, 0.5) is 0 Å². The van der Waals surface area contributed by atoms with E-state index in [0.717, 1.165) is 5.92 Å². The van der Waals surface area contributed by atoms with E-state index in [1.807, 2.05) is 11.1 Å². The van der Waals surface area contributed by atoms with E-state index in [1.54, 1.807) is 0 Å². The van der Waals surface area contributed by atoms with Gasteiger partial charge in [0.25, 0.3) is 0 Å². The molecule has 1 saturated heterocycles. The molecule has 3 aliphatic rings. The first-order chi connectivity index (χ1) is 8.59. The zero-order valence-electron chi connectivity index (χ0n) is 12.6. The fourth-order valence-electron chi connectivity index (χ4n) is 5.28. The minimum Gasteiger partial charge on any atom is -0.317 e. The first-order valence-electron chi connectivity index (χ1n) is 8.15. The summed E-state index contributed by atoms with van der Waals surface area (Å²) in [5, 5.41) is 0. The van der Waals surface area contributed by atoms with Gasteiger partial charge in [-0.25, -0.2) is 0 Å². The Kier molecular flexibility index (Phi) is 3.09. The molecular formula is C17H30N+. The van der Waals surface area contributed by atoms with Crippen LogP contribution in [0.25, 0.3) is 0 Å². The standard InChI is InChI=1S/C17H30N/c1-4-7-14-12-17(2)16-9-6-5-8-15(16)10-11-18(17,3)13-14/h14H,4-13H2,1-3H3/q+1/t14-,17+,18+/m0/s1. The van der Waals surface area contributed by atoms with Crippen LogP contribution >= 0.6 is 0 Å². The molecule has 1 heteroatoms. The number of fused-ring (bicyclic) bond motifs is 2. The van der Waals surface area contributed by atoms with E-state index in [9.17, 15) is 0 Å². The Labute approximate surface area is 113 Å². The largest absolute Gasteiger partial charge is 0.317 e. The highest BCUT2D eigenvalue weighted by atomic mass is 15.4. The van der Waals surface area contributed by atoms with E-state index in [0.29, 0.717) is 5.54 Å². The van der Waals surface area contributed by atoms with Crippen LogP contribution in [0.3, 0.4) is 0 Å². The summed E-state index contributed by atoms with van der Waals surface area (Å²) in [6.45, 7) is 7.81. The predicted octanol–water partition coefficient (Wildman–Crippen LogP) is 4.29. The maximum Gasteiger partial charge on any atom is 0.118 e. The lowest BCUT2D eigenvalue weighted by Crippen LogP contribution is -2.60. The van der Waals surface area contributed by atoms with Gasteiger partial charge < -0.3 is 4.48 Å². The summed E-state index contributed by atoms with van der Waals surface area (Å²) in [5.41, 5.74) is 4.28. The first kappa shape index (κ1) is 12.7. The monoisotopic (exact) mass is 248 g/mol. The summed E-state index contributed by atoms with van der Waals surface area (Å²) < 4.78 is 1.36. The minimum atomic E-state index is 0.508. The third kappa shape index (κ3) is 1.70. The van der Waals surface area contributed by atoms with Gasteiger partial charge in [0.2, 0.25) is 0 Å². The van der Waals surface area contributed by atoms with Gasteiger partial charge in [-0.3, -0.25) is 0 Å². The van der Waals surface area contributed by atoms with Crippen LogP contribution in [0.15, 0.2) is 11.1 Å². The third-order valence-corrected chi connectivity index (χ3v) is 6.38. The molecular weight excluding hydrogens is 218 g/mol. The van der Waals surface area contributed by atoms with Crippen molar-refractivity contribution in [2.24, 2.45) is 5.92 Å². The molecule has 1 fully saturated rings. The quantitative estimate of drug-likeness (QED) is 0.505. The number of quaternary nitrogens is 1. The van der Waals surface area contributed by atoms with Crippen LogP contribution in [0, 0.1) is 5.92 Å². The highest BCUT2D eigenvalue weighted by Gasteiger charge is 2.56. The number of rotatable bonds is 2. The summed E-state index contributed by atoms with van der Waals surface area (Å²) in [7, 11) is 2.55. The van der Waals surface area contributed by atoms with Gasteiger partial charge >= 0.3 is 0 Å². The Bertz CT molecular complexity index is 370. The molecule has 0 saturated carbocycles. The molecule has 2 aliphatic heterocycles. The molecule has 0 N–H and O–H groups in total. The van der Waals surface area contributed by atoms with Crippen molar-refractivity contribution in [2.75, 3.05) is 20.1 Å². The van der Waals surface area contributed by atoms with E-state index < -0.39 is 0 Å². The zero-order chi connectivity index (χ0) is 12.8. The summed E-state index contributed by atoms with van der Waals surface area (Å²) in [6, 6.07) is 0. The highest BCUT2D eigenvalue weighted by molar-refractivity contribution is 5.29. The van der Waals surface area contributed by atoms with Crippen LogP contribution in [0.5, 0.6) is 0 Å². The Morgan fingerprint density at radius 2 is 2.00 bits per heavy atom. The molecule has 3 atom stereocenters. The number of likely N-dealkylation sites (N-methyl/N-ethyl adjacent to an activating group) is 1. The molecule has 0 amide bonds. The van der Waals surface area contributed by atoms with E-state index in [2.05, 4.69) is 20.9 Å². The fourth-order valence-corrected chi connectivity index (χ4v) is 5.28. The molecule has 0 unspecified atom stereocenters. The number of hydrogen-bond donors (Lipinski definition) is 0. The van der Waals surface area contributed by atoms with Crippen LogP contribution in [-0.2, 0) is 0 Å². The summed E-state index contributed by atoms with van der Waals surface area (Å²) in [4.78, 5) is 0. The lowest BCUT2D eigenvalue weighted by atomic mass is 9.73. The van der Waals surface area contributed by atoms with Crippen LogP contribution in [0.2, 0.25) is 0 Å². The van der Waals surface area contributed by atoms with E-state index >= 15 is 0 Å². The lowest BCUT2D eigenvalue weighted by Gasteiger charge is -2.51. The normalized spacial score (nSPS) is 43.8. The van der Waals surface area contributed by atoms with Crippen LogP contribution in [-0.4, -0.2) is 30.2 Å². The first-order valence-corrected chi connectivity index (χ1v) is 8.15. The maximum absolute atomic E-state index is 2.60. The van der Waals surface area contributed by atoms with Crippen molar-refractivity contribution in [2.45, 2.75) is 70.8 Å². The smallest absolute Gasteiger partial charge is 0.118 e. The molecule has 3 rings (SSSR count). The van der Waals surface area contributed by atoms with Gasteiger partial charge in [0, 0.05) is 18.8 Å². The topological polar surface area (TPSA) is 0 Å². The Morgan fingerprint density at radius 3 is 2.78 bits per heavy atom. The van der Waals surface area contributed by atoms with Crippen molar-refractivity contribution in [1.82, 2.24) is 0 Å². The van der Waals surface area contributed by atoms with Crippen molar-refractivity contribution in [3.8, 4) is 0 Å². The fraction of sp³-hybridized carbons (Fsp3) is 0.882. The Morgan fingerprint density at radius 1 is 1.22 bits per heavy atom. The lowest BCUT2D eigenvalue weighted by molar-refractivity contribution is -0.942. The SMILES string of the molecule is CCC[C@H]1C[C@]2(C)C3=C(CCCC3)CC[N@+]2(C)C1. The molecule has 0 bridgehead atoms.